The molecule has 1 aliphatic heterocycles. The lowest BCUT2D eigenvalue weighted by Gasteiger charge is -2.28. The number of hydrogen-bond donors (Lipinski definition) is 3. The van der Waals surface area contributed by atoms with E-state index in [9.17, 15) is 17.7 Å². The average Bonchev–Trinajstić information content (AvgIpc) is 3.47. The van der Waals surface area contributed by atoms with Crippen molar-refractivity contribution in [1.82, 2.24) is 40.0 Å². The first-order valence-corrected chi connectivity index (χ1v) is 17.7. The molecule has 18 heteroatoms. The molecule has 1 saturated heterocycles. The number of anilines is 4. The second-order valence-corrected chi connectivity index (χ2v) is 15.0. The van der Waals surface area contributed by atoms with Gasteiger partial charge in [0.25, 0.3) is 0 Å². The van der Waals surface area contributed by atoms with Crippen LogP contribution in [0, 0.1) is 0 Å². The molecule has 5 heterocycles. The van der Waals surface area contributed by atoms with E-state index in [1.54, 1.807) is 55.8 Å². The van der Waals surface area contributed by atoms with Crippen molar-refractivity contribution in [2.45, 2.75) is 12.3 Å². The molecule has 6 rings (SSSR count). The standard InChI is InChI=1S/C29H29BrF3N10O3P/c1-43-14-16(10-39-43)17-11-37-27(46-15-29(31,32)33)24(22(17)21-13-34-8-9-45-21)41-28-38-12-18(30)26(42-28)40-20-5-4-19-23(36-7-6-35-19)25(20)47(2,3)44/h4-7,10-12,14,21,34H,8-9,13,15H2,1-3H3,(H2,38,40,41,42). The molecule has 246 valence electrons. The molecule has 0 radical (unpaired) electrons. The van der Waals surface area contributed by atoms with Crippen LogP contribution >= 0.6 is 23.1 Å². The molecule has 47 heavy (non-hydrogen) atoms. The van der Waals surface area contributed by atoms with Crippen LogP contribution in [0.1, 0.15) is 11.7 Å². The summed E-state index contributed by atoms with van der Waals surface area (Å²) >= 11 is 3.47. The molecule has 0 spiro atoms. The predicted octanol–water partition coefficient (Wildman–Crippen LogP) is 5.32. The summed E-state index contributed by atoms with van der Waals surface area (Å²) in [5.41, 5.74) is 3.41. The quantitative estimate of drug-likeness (QED) is 0.168. The van der Waals surface area contributed by atoms with Crippen molar-refractivity contribution in [2.24, 2.45) is 7.05 Å². The lowest BCUT2D eigenvalue weighted by Crippen LogP contribution is -2.34. The number of ether oxygens (including phenoxy) is 2. The number of alkyl halides is 3. The number of rotatable bonds is 9. The van der Waals surface area contributed by atoms with E-state index in [1.165, 1.54) is 18.6 Å². The zero-order valence-electron chi connectivity index (χ0n) is 25.3. The molecular formula is C29H29BrF3N10O3P. The van der Waals surface area contributed by atoms with Crippen LogP contribution in [0.2, 0.25) is 0 Å². The second kappa shape index (κ2) is 13.1. The molecule has 0 bridgehead atoms. The molecule has 0 saturated carbocycles. The van der Waals surface area contributed by atoms with Crippen LogP contribution < -0.4 is 26.0 Å². The lowest BCUT2D eigenvalue weighted by molar-refractivity contribution is -0.154. The molecule has 13 nitrogen and oxygen atoms in total. The van der Waals surface area contributed by atoms with Gasteiger partial charge in [0, 0.05) is 67.8 Å². The number of halogens is 4. The van der Waals surface area contributed by atoms with Crippen molar-refractivity contribution in [1.29, 1.82) is 0 Å². The van der Waals surface area contributed by atoms with Gasteiger partial charge < -0.3 is 30.0 Å². The van der Waals surface area contributed by atoms with Crippen molar-refractivity contribution in [3.05, 3.63) is 59.3 Å². The molecule has 0 amide bonds. The number of hydrogen-bond acceptors (Lipinski definition) is 12. The van der Waals surface area contributed by atoms with Crippen molar-refractivity contribution in [2.75, 3.05) is 50.3 Å². The summed E-state index contributed by atoms with van der Waals surface area (Å²) in [7, 11) is -1.13. The summed E-state index contributed by atoms with van der Waals surface area (Å²) in [5, 5.41) is 14.3. The van der Waals surface area contributed by atoms with Crippen LogP contribution in [0.5, 0.6) is 5.88 Å². The molecule has 3 N–H and O–H groups in total. The maximum absolute atomic E-state index is 13.5. The highest BCUT2D eigenvalue weighted by molar-refractivity contribution is 9.10. The highest BCUT2D eigenvalue weighted by atomic mass is 79.9. The van der Waals surface area contributed by atoms with E-state index in [0.29, 0.717) is 62.9 Å². The van der Waals surface area contributed by atoms with Crippen LogP contribution in [0.4, 0.5) is 36.3 Å². The summed E-state index contributed by atoms with van der Waals surface area (Å²) in [6.07, 6.45) is 4.19. The summed E-state index contributed by atoms with van der Waals surface area (Å²) in [6, 6.07) is 3.49. The molecule has 5 aromatic rings. The van der Waals surface area contributed by atoms with Gasteiger partial charge in [-0.3, -0.25) is 14.6 Å². The number of fused-ring (bicyclic) bond motifs is 1. The second-order valence-electron chi connectivity index (χ2n) is 11.0. The lowest BCUT2D eigenvalue weighted by atomic mass is 9.97. The zero-order chi connectivity index (χ0) is 33.3. The minimum atomic E-state index is -4.62. The number of aromatic nitrogens is 7. The summed E-state index contributed by atoms with van der Waals surface area (Å²) in [4.78, 5) is 22.0. The summed E-state index contributed by atoms with van der Waals surface area (Å²) < 4.78 is 66.8. The Kier molecular flexibility index (Phi) is 9.16. The topological polar surface area (TPSA) is 154 Å². The number of benzene rings is 1. The average molecular weight is 733 g/mol. The predicted molar refractivity (Wildman–Crippen MR) is 174 cm³/mol. The van der Waals surface area contributed by atoms with Crippen LogP contribution in [-0.4, -0.2) is 80.5 Å². The maximum Gasteiger partial charge on any atom is 0.422 e. The molecule has 1 aromatic carbocycles. The van der Waals surface area contributed by atoms with E-state index >= 15 is 0 Å². The van der Waals surface area contributed by atoms with Gasteiger partial charge >= 0.3 is 6.18 Å². The third-order valence-corrected chi connectivity index (χ3v) is 9.22. The van der Waals surface area contributed by atoms with Gasteiger partial charge in [-0.15, -0.1) is 0 Å². The third kappa shape index (κ3) is 7.38. The first-order chi connectivity index (χ1) is 22.4. The van der Waals surface area contributed by atoms with Crippen molar-refractivity contribution in [3.8, 4) is 17.0 Å². The Balaban J connectivity index is 1.45. The normalized spacial score (nSPS) is 15.5. The number of pyridine rings is 1. The number of morpholine rings is 1. The van der Waals surface area contributed by atoms with Crippen LogP contribution in [0.15, 0.2) is 53.8 Å². The van der Waals surface area contributed by atoms with Gasteiger partial charge in [-0.1, -0.05) is 0 Å². The van der Waals surface area contributed by atoms with Gasteiger partial charge in [0.05, 0.1) is 39.9 Å². The van der Waals surface area contributed by atoms with E-state index in [1.807, 2.05) is 0 Å². The molecule has 1 fully saturated rings. The van der Waals surface area contributed by atoms with Gasteiger partial charge in [0.1, 0.15) is 24.2 Å². The van der Waals surface area contributed by atoms with Crippen LogP contribution in [0.25, 0.3) is 22.2 Å². The molecule has 1 atom stereocenters. The molecule has 4 aromatic heterocycles. The molecule has 1 aliphatic rings. The van der Waals surface area contributed by atoms with E-state index in [2.05, 4.69) is 61.9 Å². The van der Waals surface area contributed by atoms with Gasteiger partial charge in [-0.25, -0.2) is 9.97 Å². The van der Waals surface area contributed by atoms with Gasteiger partial charge in [-0.2, -0.15) is 23.3 Å². The van der Waals surface area contributed by atoms with Crippen LogP contribution in [0.3, 0.4) is 0 Å². The highest BCUT2D eigenvalue weighted by Crippen LogP contribution is 2.43. The first kappa shape index (κ1) is 32.7. The molecular weight excluding hydrogens is 704 g/mol. The minimum Gasteiger partial charge on any atom is -0.467 e. The highest BCUT2D eigenvalue weighted by Gasteiger charge is 2.32. The number of aryl methyl sites for hydroxylation is 1. The van der Waals surface area contributed by atoms with Crippen molar-refractivity contribution >= 4 is 62.6 Å². The zero-order valence-corrected chi connectivity index (χ0v) is 27.8. The summed E-state index contributed by atoms with van der Waals surface area (Å²) in [5.74, 6) is -0.0128. The Morgan fingerprint density at radius 1 is 1.13 bits per heavy atom. The fourth-order valence-electron chi connectivity index (χ4n) is 5.19. The van der Waals surface area contributed by atoms with Gasteiger partial charge in [-0.05, 0) is 41.4 Å². The SMILES string of the molecule is Cn1cc(-c2cnc(OCC(F)(F)F)c(Nc3ncc(Br)c(Nc4ccc5nccnc5c4P(C)(C)=O)n3)c2C2CNCCO2)cn1. The Hall–Kier alpha value is -4.18. The monoisotopic (exact) mass is 732 g/mol. The number of nitrogens with zero attached hydrogens (tertiary/aromatic N) is 7. The minimum absolute atomic E-state index is 0.0148. The van der Waals surface area contributed by atoms with E-state index in [4.69, 9.17) is 9.47 Å². The van der Waals surface area contributed by atoms with Crippen LogP contribution in [-0.2, 0) is 16.3 Å². The smallest absolute Gasteiger partial charge is 0.422 e. The van der Waals surface area contributed by atoms with Crippen molar-refractivity contribution in [3.63, 3.8) is 0 Å². The largest absolute Gasteiger partial charge is 0.467 e. The van der Waals surface area contributed by atoms with E-state index in [-0.39, 0.29) is 23.3 Å². The van der Waals surface area contributed by atoms with E-state index in [0.717, 1.165) is 0 Å². The third-order valence-electron chi connectivity index (χ3n) is 7.11. The number of nitrogens with one attached hydrogen (secondary N) is 3. The Morgan fingerprint density at radius 2 is 1.94 bits per heavy atom. The Morgan fingerprint density at radius 3 is 2.64 bits per heavy atom. The maximum atomic E-state index is 13.5. The summed E-state index contributed by atoms with van der Waals surface area (Å²) in [6.45, 7) is 3.06. The Bertz CT molecular complexity index is 1980. The fraction of sp³-hybridized carbons (Fsp3) is 0.310. The fourth-order valence-corrected chi connectivity index (χ4v) is 6.87. The van der Waals surface area contributed by atoms with Gasteiger partial charge in [0.15, 0.2) is 6.61 Å². The van der Waals surface area contributed by atoms with Gasteiger partial charge in [0.2, 0.25) is 11.8 Å². The van der Waals surface area contributed by atoms with Crippen molar-refractivity contribution < 1.29 is 27.2 Å². The first-order valence-electron chi connectivity index (χ1n) is 14.3. The molecule has 0 aliphatic carbocycles. The Labute approximate surface area is 275 Å². The van der Waals surface area contributed by atoms with E-state index < -0.39 is 26.0 Å². The molecule has 1 unspecified atom stereocenters.